The zero-order valence-electron chi connectivity index (χ0n) is 11.5. The second-order valence-electron chi connectivity index (χ2n) is 5.46. The Labute approximate surface area is 115 Å². The molecule has 1 aromatic heterocycles. The lowest BCUT2D eigenvalue weighted by atomic mass is 9.83. The summed E-state index contributed by atoms with van der Waals surface area (Å²) >= 11 is 1.73. The number of rotatable bonds is 5. The molecule has 18 heavy (non-hydrogen) atoms. The van der Waals surface area contributed by atoms with Crippen molar-refractivity contribution in [3.63, 3.8) is 0 Å². The molecule has 1 saturated carbocycles. The maximum Gasteiger partial charge on any atom is 0.116 e. The average molecular weight is 264 g/mol. The summed E-state index contributed by atoms with van der Waals surface area (Å²) in [5, 5.41) is 6.77. The van der Waals surface area contributed by atoms with E-state index in [0.29, 0.717) is 6.04 Å². The SMILES string of the molecule is CC(C)NC/C(=C/c1nccs1)C1CCCCC1. The van der Waals surface area contributed by atoms with Crippen LogP contribution in [0, 0.1) is 5.92 Å². The Morgan fingerprint density at radius 2 is 2.22 bits per heavy atom. The van der Waals surface area contributed by atoms with Gasteiger partial charge in [-0.25, -0.2) is 4.98 Å². The second kappa shape index (κ2) is 7.05. The van der Waals surface area contributed by atoms with Crippen LogP contribution in [-0.2, 0) is 0 Å². The van der Waals surface area contributed by atoms with E-state index in [1.54, 1.807) is 16.9 Å². The molecule has 0 aromatic carbocycles. The molecule has 0 radical (unpaired) electrons. The van der Waals surface area contributed by atoms with Crippen molar-refractivity contribution < 1.29 is 0 Å². The molecule has 2 rings (SSSR count). The van der Waals surface area contributed by atoms with E-state index in [9.17, 15) is 0 Å². The normalized spacial score (nSPS) is 18.5. The molecule has 1 aromatic rings. The number of nitrogens with zero attached hydrogens (tertiary/aromatic N) is 1. The fraction of sp³-hybridized carbons (Fsp3) is 0.667. The zero-order valence-corrected chi connectivity index (χ0v) is 12.3. The van der Waals surface area contributed by atoms with Crippen molar-refractivity contribution in [1.82, 2.24) is 10.3 Å². The van der Waals surface area contributed by atoms with Gasteiger partial charge in [0.15, 0.2) is 0 Å². The van der Waals surface area contributed by atoms with Crippen LogP contribution in [0.25, 0.3) is 6.08 Å². The number of hydrogen-bond acceptors (Lipinski definition) is 3. The van der Waals surface area contributed by atoms with Crippen molar-refractivity contribution in [1.29, 1.82) is 0 Å². The lowest BCUT2D eigenvalue weighted by molar-refractivity contribution is 0.394. The van der Waals surface area contributed by atoms with Crippen LogP contribution in [-0.4, -0.2) is 17.6 Å². The largest absolute Gasteiger partial charge is 0.311 e. The quantitative estimate of drug-likeness (QED) is 0.866. The van der Waals surface area contributed by atoms with Crippen LogP contribution >= 0.6 is 11.3 Å². The summed E-state index contributed by atoms with van der Waals surface area (Å²) in [6.45, 7) is 5.44. The molecule has 2 nitrogen and oxygen atoms in total. The molecular weight excluding hydrogens is 240 g/mol. The summed E-state index contributed by atoms with van der Waals surface area (Å²) < 4.78 is 0. The summed E-state index contributed by atoms with van der Waals surface area (Å²) in [6, 6.07) is 0.549. The monoisotopic (exact) mass is 264 g/mol. The van der Waals surface area contributed by atoms with Crippen molar-refractivity contribution in [2.24, 2.45) is 5.92 Å². The second-order valence-corrected chi connectivity index (χ2v) is 6.39. The predicted octanol–water partition coefficient (Wildman–Crippen LogP) is 4.10. The van der Waals surface area contributed by atoms with Crippen molar-refractivity contribution in [2.75, 3.05) is 6.54 Å². The molecule has 1 N–H and O–H groups in total. The van der Waals surface area contributed by atoms with Crippen LogP contribution in [0.15, 0.2) is 17.2 Å². The Morgan fingerprint density at radius 1 is 1.44 bits per heavy atom. The van der Waals surface area contributed by atoms with Gasteiger partial charge in [-0.2, -0.15) is 0 Å². The molecular formula is C15H24N2S. The lowest BCUT2D eigenvalue weighted by Crippen LogP contribution is -2.27. The first kappa shape index (κ1) is 13.8. The molecule has 3 heteroatoms. The first-order valence-electron chi connectivity index (χ1n) is 7.09. The number of thiazole rings is 1. The van der Waals surface area contributed by atoms with Crippen LogP contribution in [0.2, 0.25) is 0 Å². The summed E-state index contributed by atoms with van der Waals surface area (Å²) in [5.74, 6) is 0.772. The third kappa shape index (κ3) is 4.21. The Kier molecular flexibility index (Phi) is 5.39. The van der Waals surface area contributed by atoms with Crippen molar-refractivity contribution in [2.45, 2.75) is 52.0 Å². The number of hydrogen-bond donors (Lipinski definition) is 1. The van der Waals surface area contributed by atoms with Gasteiger partial charge in [0.1, 0.15) is 5.01 Å². The lowest BCUT2D eigenvalue weighted by Gasteiger charge is -2.25. The van der Waals surface area contributed by atoms with Crippen LogP contribution in [0.4, 0.5) is 0 Å². The molecule has 0 aliphatic heterocycles. The average Bonchev–Trinajstić information content (AvgIpc) is 2.88. The van der Waals surface area contributed by atoms with E-state index < -0.39 is 0 Å². The standard InChI is InChI=1S/C15H24N2S/c1-12(2)17-11-14(10-15-16-8-9-18-15)13-6-4-3-5-7-13/h8-10,12-13,17H,3-7,11H2,1-2H3/b14-10-. The van der Waals surface area contributed by atoms with Crippen LogP contribution in [0.5, 0.6) is 0 Å². The fourth-order valence-electron chi connectivity index (χ4n) is 2.57. The highest BCUT2D eigenvalue weighted by Crippen LogP contribution is 2.30. The molecule has 0 spiro atoms. The van der Waals surface area contributed by atoms with Gasteiger partial charge in [0, 0.05) is 24.2 Å². The van der Waals surface area contributed by atoms with Crippen LogP contribution in [0.1, 0.15) is 51.0 Å². The Morgan fingerprint density at radius 3 is 2.83 bits per heavy atom. The van der Waals surface area contributed by atoms with Gasteiger partial charge in [0.25, 0.3) is 0 Å². The van der Waals surface area contributed by atoms with Crippen LogP contribution < -0.4 is 5.32 Å². The van der Waals surface area contributed by atoms with Gasteiger partial charge >= 0.3 is 0 Å². The van der Waals surface area contributed by atoms with Gasteiger partial charge < -0.3 is 5.32 Å². The molecule has 100 valence electrons. The van der Waals surface area contributed by atoms with Crippen molar-refractivity contribution in [3.05, 3.63) is 22.2 Å². The molecule has 0 bridgehead atoms. The van der Waals surface area contributed by atoms with E-state index in [1.165, 1.54) is 32.1 Å². The first-order valence-corrected chi connectivity index (χ1v) is 7.97. The van der Waals surface area contributed by atoms with Gasteiger partial charge in [-0.1, -0.05) is 38.7 Å². The molecule has 1 aliphatic carbocycles. The first-order chi connectivity index (χ1) is 8.75. The molecule has 0 atom stereocenters. The van der Waals surface area contributed by atoms with Gasteiger partial charge in [-0.15, -0.1) is 11.3 Å². The smallest absolute Gasteiger partial charge is 0.116 e. The van der Waals surface area contributed by atoms with E-state index >= 15 is 0 Å². The number of nitrogens with one attached hydrogen (secondary N) is 1. The fourth-order valence-corrected chi connectivity index (χ4v) is 3.18. The minimum absolute atomic E-state index is 0.549. The number of aromatic nitrogens is 1. The van der Waals surface area contributed by atoms with E-state index in [2.05, 4.69) is 35.6 Å². The summed E-state index contributed by atoms with van der Waals surface area (Å²) in [4.78, 5) is 4.39. The molecule has 1 fully saturated rings. The zero-order chi connectivity index (χ0) is 12.8. The predicted molar refractivity (Wildman–Crippen MR) is 79.8 cm³/mol. The van der Waals surface area contributed by atoms with Crippen molar-refractivity contribution >= 4 is 17.4 Å². The maximum atomic E-state index is 4.39. The molecule has 1 heterocycles. The summed E-state index contributed by atoms with van der Waals surface area (Å²) in [7, 11) is 0. The summed E-state index contributed by atoms with van der Waals surface area (Å²) in [5.41, 5.74) is 1.55. The van der Waals surface area contributed by atoms with Gasteiger partial charge in [-0.3, -0.25) is 0 Å². The Hall–Kier alpha value is -0.670. The molecule has 0 amide bonds. The van der Waals surface area contributed by atoms with E-state index in [0.717, 1.165) is 17.5 Å². The van der Waals surface area contributed by atoms with Gasteiger partial charge in [0.05, 0.1) is 0 Å². The van der Waals surface area contributed by atoms with E-state index in [1.807, 2.05) is 6.20 Å². The highest BCUT2D eigenvalue weighted by molar-refractivity contribution is 7.10. The molecule has 0 saturated heterocycles. The minimum atomic E-state index is 0.549. The highest BCUT2D eigenvalue weighted by Gasteiger charge is 2.18. The molecule has 1 aliphatic rings. The van der Waals surface area contributed by atoms with Crippen LogP contribution in [0.3, 0.4) is 0 Å². The van der Waals surface area contributed by atoms with E-state index in [4.69, 9.17) is 0 Å². The minimum Gasteiger partial charge on any atom is -0.311 e. The topological polar surface area (TPSA) is 24.9 Å². The Bertz CT molecular complexity index is 362. The third-order valence-electron chi connectivity index (χ3n) is 3.60. The summed E-state index contributed by atoms with van der Waals surface area (Å²) in [6.07, 6.45) is 11.1. The third-order valence-corrected chi connectivity index (χ3v) is 4.33. The maximum absolute atomic E-state index is 4.39. The highest BCUT2D eigenvalue weighted by atomic mass is 32.1. The van der Waals surface area contributed by atoms with Gasteiger partial charge in [-0.05, 0) is 24.8 Å². The van der Waals surface area contributed by atoms with Crippen molar-refractivity contribution in [3.8, 4) is 0 Å². The molecule has 0 unspecified atom stereocenters. The Balaban J connectivity index is 2.06. The van der Waals surface area contributed by atoms with Gasteiger partial charge in [0.2, 0.25) is 0 Å². The van der Waals surface area contributed by atoms with E-state index in [-0.39, 0.29) is 0 Å².